The standard InChI is InChI=1S/C21H30FN5O2S.CH2O/c22-17-4-6-19(7-5-17)30(28,29)27(24)21-9-2-8-20(16-21,10-11-21)25-12-14-26-13-1-3-18(26)15-23;1-2/h4-7,18,25H,1-3,8-14,16,24H2;1H2. The van der Waals surface area contributed by atoms with Crippen molar-refractivity contribution in [1.82, 2.24) is 14.6 Å². The van der Waals surface area contributed by atoms with E-state index >= 15 is 0 Å². The Bertz CT molecular complexity index is 938. The lowest BCUT2D eigenvalue weighted by molar-refractivity contribution is -0.0980. The molecule has 10 heteroatoms. The first kappa shape index (κ1) is 24.7. The molecule has 8 nitrogen and oxygen atoms in total. The number of nitrogens with two attached hydrogens (primary N) is 1. The van der Waals surface area contributed by atoms with Crippen LogP contribution in [0.5, 0.6) is 0 Å². The third-order valence-corrected chi connectivity index (χ3v) is 9.06. The fourth-order valence-corrected chi connectivity index (χ4v) is 7.14. The van der Waals surface area contributed by atoms with Crippen molar-refractivity contribution in [2.75, 3.05) is 19.6 Å². The van der Waals surface area contributed by atoms with E-state index in [1.807, 2.05) is 6.79 Å². The number of hydrogen-bond acceptors (Lipinski definition) is 7. The molecule has 2 aliphatic carbocycles. The number of sulfonamides is 1. The minimum Gasteiger partial charge on any atom is -0.310 e. The van der Waals surface area contributed by atoms with Crippen molar-refractivity contribution in [2.45, 2.75) is 73.4 Å². The molecule has 3 fully saturated rings. The number of rotatable bonds is 7. The van der Waals surface area contributed by atoms with Crippen molar-refractivity contribution in [3.05, 3.63) is 30.1 Å². The van der Waals surface area contributed by atoms with Gasteiger partial charge in [0.2, 0.25) is 0 Å². The maximum Gasteiger partial charge on any atom is 0.256 e. The Hall–Kier alpha value is -1.90. The number of nitriles is 1. The molecule has 3 N–H and O–H groups in total. The molecule has 0 amide bonds. The van der Waals surface area contributed by atoms with Gasteiger partial charge < -0.3 is 10.1 Å². The Morgan fingerprint density at radius 3 is 2.62 bits per heavy atom. The molecule has 0 aromatic heterocycles. The second kappa shape index (κ2) is 9.93. The number of benzene rings is 1. The molecule has 1 aliphatic heterocycles. The number of carbonyl (C=O) groups is 1. The molecule has 2 bridgehead atoms. The van der Waals surface area contributed by atoms with Crippen LogP contribution in [0.1, 0.15) is 51.4 Å². The Morgan fingerprint density at radius 1 is 1.22 bits per heavy atom. The van der Waals surface area contributed by atoms with Crippen LogP contribution >= 0.6 is 0 Å². The maximum absolute atomic E-state index is 13.2. The SMILES string of the molecule is C=O.N#CC1CCCN1CCNC12CCCC(N(N)S(=O)(=O)c3ccc(F)cc3)(CC1)C2. The maximum atomic E-state index is 13.2. The van der Waals surface area contributed by atoms with Crippen molar-refractivity contribution in [3.63, 3.8) is 0 Å². The lowest BCUT2D eigenvalue weighted by Crippen LogP contribution is -2.59. The summed E-state index contributed by atoms with van der Waals surface area (Å²) in [6.07, 6.45) is 6.91. The van der Waals surface area contributed by atoms with E-state index in [-0.39, 0.29) is 16.5 Å². The molecule has 1 aromatic rings. The molecule has 1 heterocycles. The van der Waals surface area contributed by atoms with Gasteiger partial charge in [0.15, 0.2) is 0 Å². The third-order valence-electron chi connectivity index (χ3n) is 7.28. The lowest BCUT2D eigenvalue weighted by Gasteiger charge is -2.44. The Labute approximate surface area is 189 Å². The van der Waals surface area contributed by atoms with Crippen molar-refractivity contribution in [2.24, 2.45) is 5.84 Å². The minimum atomic E-state index is -3.90. The van der Waals surface area contributed by atoms with E-state index in [1.165, 1.54) is 12.1 Å². The zero-order valence-electron chi connectivity index (χ0n) is 18.3. The molecule has 0 radical (unpaired) electrons. The molecule has 1 aromatic carbocycles. The van der Waals surface area contributed by atoms with E-state index in [1.54, 1.807) is 0 Å². The fourth-order valence-electron chi connectivity index (χ4n) is 5.68. The highest BCUT2D eigenvalue weighted by atomic mass is 32.2. The van der Waals surface area contributed by atoms with Gasteiger partial charge in [-0.05, 0) is 82.2 Å². The normalized spacial score (nSPS) is 30.0. The van der Waals surface area contributed by atoms with Crippen LogP contribution in [0.25, 0.3) is 0 Å². The number of halogens is 1. The average molecular weight is 466 g/mol. The quantitative estimate of drug-likeness (QED) is 0.466. The molecule has 1 saturated heterocycles. The van der Waals surface area contributed by atoms with E-state index in [0.717, 1.165) is 74.7 Å². The summed E-state index contributed by atoms with van der Waals surface area (Å²) < 4.78 is 40.5. The summed E-state index contributed by atoms with van der Waals surface area (Å²) in [4.78, 5) is 10.2. The van der Waals surface area contributed by atoms with Crippen LogP contribution in [0, 0.1) is 17.1 Å². The summed E-state index contributed by atoms with van der Waals surface area (Å²) in [5.41, 5.74) is -0.725. The molecule has 4 rings (SSSR count). The van der Waals surface area contributed by atoms with Gasteiger partial charge in [0, 0.05) is 18.6 Å². The van der Waals surface area contributed by atoms with Gasteiger partial charge in [-0.15, -0.1) is 4.41 Å². The molecule has 3 aliphatic rings. The predicted octanol–water partition coefficient (Wildman–Crippen LogP) is 1.93. The summed E-state index contributed by atoms with van der Waals surface area (Å²) in [6, 6.07) is 7.22. The Morgan fingerprint density at radius 2 is 1.94 bits per heavy atom. The largest absolute Gasteiger partial charge is 0.310 e. The highest BCUT2D eigenvalue weighted by Gasteiger charge is 2.55. The van der Waals surface area contributed by atoms with Gasteiger partial charge in [-0.25, -0.2) is 12.8 Å². The molecular weight excluding hydrogens is 433 g/mol. The van der Waals surface area contributed by atoms with E-state index in [2.05, 4.69) is 16.3 Å². The molecule has 3 unspecified atom stereocenters. The van der Waals surface area contributed by atoms with Gasteiger partial charge in [-0.3, -0.25) is 10.7 Å². The van der Waals surface area contributed by atoms with Crippen molar-refractivity contribution in [3.8, 4) is 6.07 Å². The summed E-state index contributed by atoms with van der Waals surface area (Å²) in [7, 11) is -3.90. The second-order valence-corrected chi connectivity index (χ2v) is 10.9. The monoisotopic (exact) mass is 465 g/mol. The van der Waals surface area contributed by atoms with Crippen molar-refractivity contribution < 1.29 is 17.6 Å². The highest BCUT2D eigenvalue weighted by Crippen LogP contribution is 2.51. The smallest absolute Gasteiger partial charge is 0.256 e. The number of hydrogen-bond donors (Lipinski definition) is 2. The van der Waals surface area contributed by atoms with E-state index in [9.17, 15) is 18.1 Å². The predicted molar refractivity (Wildman–Crippen MR) is 118 cm³/mol. The van der Waals surface area contributed by atoms with Crippen LogP contribution in [-0.4, -0.2) is 61.3 Å². The average Bonchev–Trinajstić information content (AvgIpc) is 3.37. The molecule has 32 heavy (non-hydrogen) atoms. The molecular formula is C22H32FN5O3S. The van der Waals surface area contributed by atoms with Gasteiger partial charge in [0.25, 0.3) is 10.0 Å². The van der Waals surface area contributed by atoms with Crippen molar-refractivity contribution >= 4 is 16.8 Å². The summed E-state index contributed by atoms with van der Waals surface area (Å²) in [5.74, 6) is 5.79. The van der Waals surface area contributed by atoms with Gasteiger partial charge >= 0.3 is 0 Å². The number of likely N-dealkylation sites (tertiary alicyclic amines) is 1. The fraction of sp³-hybridized carbons (Fsp3) is 0.636. The third kappa shape index (κ3) is 4.72. The van der Waals surface area contributed by atoms with Crippen LogP contribution in [0.4, 0.5) is 4.39 Å². The van der Waals surface area contributed by atoms with Crippen LogP contribution in [0.2, 0.25) is 0 Å². The number of carbonyl (C=O) groups excluding carboxylic acids is 1. The van der Waals surface area contributed by atoms with E-state index < -0.39 is 21.4 Å². The van der Waals surface area contributed by atoms with E-state index in [0.29, 0.717) is 12.8 Å². The van der Waals surface area contributed by atoms with Gasteiger partial charge in [-0.1, -0.05) is 0 Å². The summed E-state index contributed by atoms with van der Waals surface area (Å²) >= 11 is 0. The summed E-state index contributed by atoms with van der Waals surface area (Å²) in [5, 5.41) is 13.0. The first-order valence-corrected chi connectivity index (χ1v) is 12.5. The second-order valence-electron chi connectivity index (χ2n) is 9.04. The summed E-state index contributed by atoms with van der Waals surface area (Å²) in [6.45, 7) is 4.57. The van der Waals surface area contributed by atoms with Gasteiger partial charge in [-0.2, -0.15) is 5.26 Å². The number of hydrazine groups is 1. The zero-order valence-corrected chi connectivity index (χ0v) is 19.1. The minimum absolute atomic E-state index is 0.0127. The molecule has 176 valence electrons. The topological polar surface area (TPSA) is 120 Å². The molecule has 2 saturated carbocycles. The van der Waals surface area contributed by atoms with Crippen LogP contribution in [0.3, 0.4) is 0 Å². The highest BCUT2D eigenvalue weighted by molar-refractivity contribution is 7.89. The van der Waals surface area contributed by atoms with Gasteiger partial charge in [0.05, 0.1) is 22.5 Å². The van der Waals surface area contributed by atoms with Crippen LogP contribution in [0.15, 0.2) is 29.2 Å². The van der Waals surface area contributed by atoms with Gasteiger partial charge in [0.1, 0.15) is 12.6 Å². The molecule has 0 spiro atoms. The Balaban J connectivity index is 0.00000141. The zero-order chi connectivity index (χ0) is 23.4. The first-order valence-electron chi connectivity index (χ1n) is 11.0. The lowest BCUT2D eigenvalue weighted by atomic mass is 9.79. The van der Waals surface area contributed by atoms with E-state index in [4.69, 9.17) is 10.6 Å². The molecule has 3 atom stereocenters. The number of nitrogens with one attached hydrogen (secondary N) is 1. The first-order chi connectivity index (χ1) is 15.3. The van der Waals surface area contributed by atoms with Crippen LogP contribution < -0.4 is 11.2 Å². The number of fused-ring (bicyclic) bond motifs is 2. The van der Waals surface area contributed by atoms with Crippen molar-refractivity contribution in [1.29, 1.82) is 5.26 Å². The van der Waals surface area contributed by atoms with Crippen LogP contribution in [-0.2, 0) is 14.8 Å². The number of nitrogens with zero attached hydrogens (tertiary/aromatic N) is 3. The Kier molecular flexibility index (Phi) is 7.68.